The van der Waals surface area contributed by atoms with Crippen LogP contribution in [0.1, 0.15) is 56.4 Å². The number of amides is 1. The van der Waals surface area contributed by atoms with E-state index in [1.165, 1.54) is 37.7 Å². The molecule has 3 rings (SSSR count). The summed E-state index contributed by atoms with van der Waals surface area (Å²) >= 11 is 0. The van der Waals surface area contributed by atoms with E-state index in [2.05, 4.69) is 50.9 Å². The van der Waals surface area contributed by atoms with E-state index in [4.69, 9.17) is 0 Å². The summed E-state index contributed by atoms with van der Waals surface area (Å²) in [5.41, 5.74) is 1.41. The summed E-state index contributed by atoms with van der Waals surface area (Å²) in [5.74, 6) is 2.30. The first-order valence-corrected chi connectivity index (χ1v) is 10.5. The van der Waals surface area contributed by atoms with Gasteiger partial charge in [-0.15, -0.1) is 24.0 Å². The average Bonchev–Trinajstić information content (AvgIpc) is 3.19. The molecule has 28 heavy (non-hydrogen) atoms. The van der Waals surface area contributed by atoms with Crippen molar-refractivity contribution in [3.8, 4) is 0 Å². The molecule has 0 bridgehead atoms. The number of aliphatic imine (C=N–C) groups is 1. The van der Waals surface area contributed by atoms with Crippen molar-refractivity contribution in [1.29, 1.82) is 0 Å². The lowest BCUT2D eigenvalue weighted by Gasteiger charge is -2.22. The van der Waals surface area contributed by atoms with E-state index in [1.807, 2.05) is 7.05 Å². The molecule has 1 unspecified atom stereocenters. The van der Waals surface area contributed by atoms with Crippen LogP contribution in [-0.4, -0.2) is 50.0 Å². The molecule has 5 nitrogen and oxygen atoms in total. The molecule has 156 valence electrons. The monoisotopic (exact) mass is 498 g/mol. The molecular weight excluding hydrogens is 463 g/mol. The van der Waals surface area contributed by atoms with Crippen LogP contribution >= 0.6 is 24.0 Å². The molecule has 0 spiro atoms. The molecule has 6 heteroatoms. The molecular formula is C22H35IN4O. The van der Waals surface area contributed by atoms with Gasteiger partial charge in [0.05, 0.1) is 0 Å². The maximum atomic E-state index is 12.1. The van der Waals surface area contributed by atoms with Gasteiger partial charge in [0.2, 0.25) is 5.91 Å². The van der Waals surface area contributed by atoms with Gasteiger partial charge in [-0.1, -0.05) is 49.6 Å². The Hall–Kier alpha value is -1.31. The molecule has 1 aliphatic heterocycles. The SMILES string of the molecule is CN=C(NCCNC(=O)CC1CCCCC1)N1CCC(c2ccccc2)C1.I. The molecule has 1 atom stereocenters. The predicted octanol–water partition coefficient (Wildman–Crippen LogP) is 3.76. The van der Waals surface area contributed by atoms with Gasteiger partial charge in [-0.2, -0.15) is 0 Å². The van der Waals surface area contributed by atoms with E-state index in [-0.39, 0.29) is 29.9 Å². The number of carbonyl (C=O) groups excluding carboxylic acids is 1. The molecule has 1 aromatic rings. The minimum absolute atomic E-state index is 0. The van der Waals surface area contributed by atoms with Crippen LogP contribution in [-0.2, 0) is 4.79 Å². The van der Waals surface area contributed by atoms with Crippen LogP contribution in [0.4, 0.5) is 0 Å². The number of carbonyl (C=O) groups is 1. The Bertz CT molecular complexity index is 616. The first-order valence-electron chi connectivity index (χ1n) is 10.5. The van der Waals surface area contributed by atoms with Gasteiger partial charge in [-0.25, -0.2) is 0 Å². The Balaban J connectivity index is 0.00000280. The van der Waals surface area contributed by atoms with Crippen molar-refractivity contribution < 1.29 is 4.79 Å². The maximum Gasteiger partial charge on any atom is 0.220 e. The third-order valence-electron chi connectivity index (χ3n) is 5.90. The predicted molar refractivity (Wildman–Crippen MR) is 126 cm³/mol. The Labute approximate surface area is 186 Å². The second kappa shape index (κ2) is 12.3. The lowest BCUT2D eigenvalue weighted by molar-refractivity contribution is -0.122. The number of nitrogens with zero attached hydrogens (tertiary/aromatic N) is 2. The van der Waals surface area contributed by atoms with E-state index in [0.29, 0.717) is 24.8 Å². The van der Waals surface area contributed by atoms with Crippen molar-refractivity contribution in [2.45, 2.75) is 50.9 Å². The van der Waals surface area contributed by atoms with Crippen molar-refractivity contribution in [1.82, 2.24) is 15.5 Å². The summed E-state index contributed by atoms with van der Waals surface area (Å²) < 4.78 is 0. The first kappa shape index (κ1) is 23.0. The zero-order chi connectivity index (χ0) is 18.9. The van der Waals surface area contributed by atoms with Crippen LogP contribution in [0.3, 0.4) is 0 Å². The summed E-state index contributed by atoms with van der Waals surface area (Å²) in [4.78, 5) is 18.9. The van der Waals surface area contributed by atoms with Crippen LogP contribution in [0.15, 0.2) is 35.3 Å². The van der Waals surface area contributed by atoms with E-state index in [9.17, 15) is 4.79 Å². The van der Waals surface area contributed by atoms with E-state index >= 15 is 0 Å². The van der Waals surface area contributed by atoms with Gasteiger partial charge in [-0.05, 0) is 30.7 Å². The van der Waals surface area contributed by atoms with Crippen molar-refractivity contribution in [2.75, 3.05) is 33.2 Å². The molecule has 0 aromatic heterocycles. The van der Waals surface area contributed by atoms with Gasteiger partial charge in [0, 0.05) is 45.6 Å². The zero-order valence-electron chi connectivity index (χ0n) is 17.0. The van der Waals surface area contributed by atoms with Crippen molar-refractivity contribution in [2.24, 2.45) is 10.9 Å². The van der Waals surface area contributed by atoms with Crippen LogP contribution in [0.2, 0.25) is 0 Å². The molecule has 1 saturated carbocycles. The summed E-state index contributed by atoms with van der Waals surface area (Å²) in [6.07, 6.45) is 8.20. The Morgan fingerprint density at radius 3 is 2.50 bits per heavy atom. The number of likely N-dealkylation sites (tertiary alicyclic amines) is 1. The fourth-order valence-corrected chi connectivity index (χ4v) is 4.38. The molecule has 2 aliphatic rings. The lowest BCUT2D eigenvalue weighted by Crippen LogP contribution is -2.43. The largest absolute Gasteiger partial charge is 0.354 e. The second-order valence-corrected chi connectivity index (χ2v) is 7.87. The summed E-state index contributed by atoms with van der Waals surface area (Å²) in [6, 6.07) is 10.7. The highest BCUT2D eigenvalue weighted by Gasteiger charge is 2.25. The third kappa shape index (κ3) is 6.94. The summed E-state index contributed by atoms with van der Waals surface area (Å²) in [5, 5.41) is 6.46. The molecule has 0 radical (unpaired) electrons. The lowest BCUT2D eigenvalue weighted by atomic mass is 9.87. The number of guanidine groups is 1. The van der Waals surface area contributed by atoms with Gasteiger partial charge in [0.1, 0.15) is 0 Å². The number of halogens is 1. The minimum atomic E-state index is 0. The van der Waals surface area contributed by atoms with Crippen LogP contribution in [0.5, 0.6) is 0 Å². The molecule has 1 aromatic carbocycles. The summed E-state index contributed by atoms with van der Waals surface area (Å²) in [6.45, 7) is 3.39. The van der Waals surface area contributed by atoms with Gasteiger partial charge < -0.3 is 15.5 Å². The van der Waals surface area contributed by atoms with Crippen LogP contribution in [0, 0.1) is 5.92 Å². The number of hydrogen-bond acceptors (Lipinski definition) is 2. The molecule has 2 fully saturated rings. The number of hydrogen-bond donors (Lipinski definition) is 2. The van der Waals surface area contributed by atoms with Crippen LogP contribution < -0.4 is 10.6 Å². The third-order valence-corrected chi connectivity index (χ3v) is 5.90. The minimum Gasteiger partial charge on any atom is -0.354 e. The highest BCUT2D eigenvalue weighted by atomic mass is 127. The fourth-order valence-electron chi connectivity index (χ4n) is 4.38. The number of nitrogens with one attached hydrogen (secondary N) is 2. The van der Waals surface area contributed by atoms with Gasteiger partial charge in [0.15, 0.2) is 5.96 Å². The second-order valence-electron chi connectivity index (χ2n) is 7.87. The number of rotatable bonds is 6. The van der Waals surface area contributed by atoms with E-state index in [1.54, 1.807) is 0 Å². The molecule has 1 aliphatic carbocycles. The van der Waals surface area contributed by atoms with Crippen LogP contribution in [0.25, 0.3) is 0 Å². The molecule has 2 N–H and O–H groups in total. The zero-order valence-corrected chi connectivity index (χ0v) is 19.4. The smallest absolute Gasteiger partial charge is 0.220 e. The maximum absolute atomic E-state index is 12.1. The van der Waals surface area contributed by atoms with Gasteiger partial charge in [-0.3, -0.25) is 9.79 Å². The summed E-state index contributed by atoms with van der Waals surface area (Å²) in [7, 11) is 1.83. The topological polar surface area (TPSA) is 56.7 Å². The Morgan fingerprint density at radius 1 is 1.07 bits per heavy atom. The Morgan fingerprint density at radius 2 is 1.79 bits per heavy atom. The van der Waals surface area contributed by atoms with Crippen molar-refractivity contribution in [3.63, 3.8) is 0 Å². The average molecular weight is 498 g/mol. The highest BCUT2D eigenvalue weighted by molar-refractivity contribution is 14.0. The van der Waals surface area contributed by atoms with Gasteiger partial charge >= 0.3 is 0 Å². The quantitative estimate of drug-likeness (QED) is 0.272. The molecule has 1 heterocycles. The normalized spacial score (nSPS) is 20.5. The molecule has 1 saturated heterocycles. The van der Waals surface area contributed by atoms with E-state index < -0.39 is 0 Å². The highest BCUT2D eigenvalue weighted by Crippen LogP contribution is 2.27. The molecule has 1 amide bonds. The van der Waals surface area contributed by atoms with Crippen molar-refractivity contribution >= 4 is 35.8 Å². The number of benzene rings is 1. The van der Waals surface area contributed by atoms with E-state index in [0.717, 1.165) is 32.0 Å². The fraction of sp³-hybridized carbons (Fsp3) is 0.636. The van der Waals surface area contributed by atoms with Crippen molar-refractivity contribution in [3.05, 3.63) is 35.9 Å². The van der Waals surface area contributed by atoms with Gasteiger partial charge in [0.25, 0.3) is 0 Å². The first-order chi connectivity index (χ1) is 13.3. The Kier molecular flexibility index (Phi) is 10.1. The standard InChI is InChI=1S/C22H34N4O.HI/c1-23-22(26-15-12-20(17-26)19-10-6-3-7-11-19)25-14-13-24-21(27)16-18-8-4-2-5-9-18;/h3,6-7,10-11,18,20H,2,4-5,8-9,12-17H2,1H3,(H,23,25)(H,24,27);1H.